The Hall–Kier alpha value is -0.950. The number of hydrogen-bond acceptors (Lipinski definition) is 2. The van der Waals surface area contributed by atoms with Crippen molar-refractivity contribution in [3.05, 3.63) is 68.6 Å². The monoisotopic (exact) mass is 471 g/mol. The molecule has 3 nitrogen and oxygen atoms in total. The van der Waals surface area contributed by atoms with E-state index in [0.29, 0.717) is 13.0 Å². The molecule has 0 aliphatic carbocycles. The Morgan fingerprint density at radius 2 is 1.62 bits per heavy atom. The van der Waals surface area contributed by atoms with Crippen molar-refractivity contribution >= 4 is 47.5 Å². The van der Waals surface area contributed by atoms with E-state index in [0.717, 1.165) is 25.7 Å². The maximum atomic E-state index is 12.3. The number of allylic oxidation sites excluding steroid dienone is 1. The van der Waals surface area contributed by atoms with Gasteiger partial charge >= 0.3 is 0 Å². The summed E-state index contributed by atoms with van der Waals surface area (Å²) in [7, 11) is -3.47. The molecule has 2 aromatic carbocycles. The minimum Gasteiger partial charge on any atom is -0.211 e. The van der Waals surface area contributed by atoms with Crippen LogP contribution in [0.3, 0.4) is 0 Å². The second-order valence-electron chi connectivity index (χ2n) is 5.50. The van der Waals surface area contributed by atoms with E-state index in [1.807, 2.05) is 38.1 Å². The van der Waals surface area contributed by atoms with E-state index in [2.05, 4.69) is 36.6 Å². The Morgan fingerprint density at radius 1 is 1.04 bits per heavy atom. The molecule has 0 unspecified atom stereocenters. The first-order chi connectivity index (χ1) is 11.3. The number of rotatable bonds is 6. The van der Waals surface area contributed by atoms with E-state index >= 15 is 0 Å². The van der Waals surface area contributed by atoms with Crippen molar-refractivity contribution < 1.29 is 8.42 Å². The molecular formula is C18H19Br2NO2S. The average Bonchev–Trinajstić information content (AvgIpc) is 2.55. The first-order valence-electron chi connectivity index (χ1n) is 7.47. The summed E-state index contributed by atoms with van der Waals surface area (Å²) in [5.74, 6) is 0. The van der Waals surface area contributed by atoms with Gasteiger partial charge < -0.3 is 0 Å². The zero-order valence-corrected chi connectivity index (χ0v) is 17.5. The number of nitrogens with one attached hydrogen (secondary N) is 1. The van der Waals surface area contributed by atoms with E-state index in [-0.39, 0.29) is 4.90 Å². The zero-order chi connectivity index (χ0) is 17.7. The van der Waals surface area contributed by atoms with Crippen molar-refractivity contribution in [3.63, 3.8) is 0 Å². The molecule has 0 fully saturated rings. The van der Waals surface area contributed by atoms with Crippen LogP contribution in [0.2, 0.25) is 0 Å². The minimum atomic E-state index is -3.47. The van der Waals surface area contributed by atoms with Crippen molar-refractivity contribution in [2.75, 3.05) is 6.54 Å². The minimum absolute atomic E-state index is 0.290. The summed E-state index contributed by atoms with van der Waals surface area (Å²) in [6.07, 6.45) is 0.590. The lowest BCUT2D eigenvalue weighted by Crippen LogP contribution is -2.24. The average molecular weight is 473 g/mol. The Kier molecular flexibility index (Phi) is 6.80. The molecule has 0 radical (unpaired) electrons. The van der Waals surface area contributed by atoms with Crippen molar-refractivity contribution in [2.45, 2.75) is 25.2 Å². The van der Waals surface area contributed by atoms with Crippen molar-refractivity contribution in [2.24, 2.45) is 0 Å². The highest BCUT2D eigenvalue weighted by Crippen LogP contribution is 2.26. The normalized spacial score (nSPS) is 12.8. The first kappa shape index (κ1) is 19.4. The van der Waals surface area contributed by atoms with Crippen LogP contribution in [-0.4, -0.2) is 15.0 Å². The van der Waals surface area contributed by atoms with Crippen molar-refractivity contribution in [1.29, 1.82) is 0 Å². The molecule has 0 atom stereocenters. The highest BCUT2D eigenvalue weighted by molar-refractivity contribution is 9.11. The molecule has 0 aliphatic heterocycles. The summed E-state index contributed by atoms with van der Waals surface area (Å²) >= 11 is 6.98. The van der Waals surface area contributed by atoms with Gasteiger partial charge in [0.1, 0.15) is 0 Å². The predicted molar refractivity (Wildman–Crippen MR) is 107 cm³/mol. The number of halogens is 2. The summed E-state index contributed by atoms with van der Waals surface area (Å²) < 4.78 is 29.2. The second kappa shape index (κ2) is 8.43. The largest absolute Gasteiger partial charge is 0.240 e. The molecule has 2 aromatic rings. The van der Waals surface area contributed by atoms with Gasteiger partial charge in [0.2, 0.25) is 10.0 Å². The van der Waals surface area contributed by atoms with Gasteiger partial charge in [0.15, 0.2) is 0 Å². The molecule has 0 amide bonds. The highest BCUT2D eigenvalue weighted by atomic mass is 79.9. The fourth-order valence-electron chi connectivity index (χ4n) is 2.14. The van der Waals surface area contributed by atoms with Gasteiger partial charge in [-0.2, -0.15) is 0 Å². The molecule has 0 spiro atoms. The number of sulfonamides is 1. The van der Waals surface area contributed by atoms with Crippen LogP contribution >= 0.6 is 31.9 Å². The molecule has 0 heterocycles. The summed E-state index contributed by atoms with van der Waals surface area (Å²) in [5, 5.41) is 0. The van der Waals surface area contributed by atoms with Gasteiger partial charge in [-0.05, 0) is 60.2 Å². The SMILES string of the molecule is C/C(=C(\Br)CCNS(=O)(=O)c1ccc(C)cc1)c1ccc(Br)cc1. The molecule has 128 valence electrons. The molecule has 6 heteroatoms. The fourth-order valence-corrected chi connectivity index (χ4v) is 3.86. The summed E-state index contributed by atoms with van der Waals surface area (Å²) in [5.41, 5.74) is 3.23. The number of hydrogen-bond donors (Lipinski definition) is 1. The molecule has 2 rings (SSSR count). The lowest BCUT2D eigenvalue weighted by molar-refractivity contribution is 0.582. The smallest absolute Gasteiger partial charge is 0.211 e. The molecule has 1 N–H and O–H groups in total. The number of aryl methyl sites for hydroxylation is 1. The Bertz CT molecular complexity index is 826. The fraction of sp³-hybridized carbons (Fsp3) is 0.222. The van der Waals surface area contributed by atoms with Gasteiger partial charge in [-0.25, -0.2) is 13.1 Å². The van der Waals surface area contributed by atoms with Gasteiger partial charge in [0.05, 0.1) is 4.90 Å². The lowest BCUT2D eigenvalue weighted by atomic mass is 10.1. The van der Waals surface area contributed by atoms with Crippen LogP contribution < -0.4 is 4.72 Å². The third-order valence-electron chi connectivity index (χ3n) is 3.65. The Labute approximate surface area is 160 Å². The second-order valence-corrected chi connectivity index (χ2v) is 9.14. The topological polar surface area (TPSA) is 46.2 Å². The number of benzene rings is 2. The molecule has 0 saturated heterocycles. The van der Waals surface area contributed by atoms with Crippen LogP contribution in [0.5, 0.6) is 0 Å². The van der Waals surface area contributed by atoms with E-state index in [4.69, 9.17) is 0 Å². The molecule has 0 saturated carbocycles. The molecular weight excluding hydrogens is 454 g/mol. The van der Waals surface area contributed by atoms with Crippen LogP contribution in [0.15, 0.2) is 62.4 Å². The van der Waals surface area contributed by atoms with E-state index < -0.39 is 10.0 Å². The molecule has 0 aromatic heterocycles. The maximum Gasteiger partial charge on any atom is 0.240 e. The maximum absolute atomic E-state index is 12.3. The van der Waals surface area contributed by atoms with Crippen molar-refractivity contribution in [1.82, 2.24) is 4.72 Å². The third kappa shape index (κ3) is 5.28. The van der Waals surface area contributed by atoms with Gasteiger partial charge in [0, 0.05) is 11.0 Å². The highest BCUT2D eigenvalue weighted by Gasteiger charge is 2.13. The molecule has 24 heavy (non-hydrogen) atoms. The Balaban J connectivity index is 2.01. The van der Waals surface area contributed by atoms with Gasteiger partial charge in [-0.1, -0.05) is 61.7 Å². The third-order valence-corrected chi connectivity index (χ3v) is 6.65. The van der Waals surface area contributed by atoms with Crippen LogP contribution in [-0.2, 0) is 10.0 Å². The van der Waals surface area contributed by atoms with E-state index in [1.54, 1.807) is 24.3 Å². The lowest BCUT2D eigenvalue weighted by Gasteiger charge is -2.09. The van der Waals surface area contributed by atoms with Gasteiger partial charge in [-0.15, -0.1) is 0 Å². The first-order valence-corrected chi connectivity index (χ1v) is 10.5. The van der Waals surface area contributed by atoms with Crippen LogP contribution in [0.25, 0.3) is 5.57 Å². The summed E-state index contributed by atoms with van der Waals surface area (Å²) in [6.45, 7) is 4.28. The van der Waals surface area contributed by atoms with Crippen LogP contribution in [0.4, 0.5) is 0 Å². The predicted octanol–water partition coefficient (Wildman–Crippen LogP) is 5.25. The van der Waals surface area contributed by atoms with E-state index in [9.17, 15) is 8.42 Å². The van der Waals surface area contributed by atoms with Gasteiger partial charge in [-0.3, -0.25) is 0 Å². The quantitative estimate of drug-likeness (QED) is 0.623. The summed E-state index contributed by atoms with van der Waals surface area (Å²) in [4.78, 5) is 0.290. The summed E-state index contributed by atoms with van der Waals surface area (Å²) in [6, 6.07) is 14.8. The Morgan fingerprint density at radius 3 is 2.21 bits per heavy atom. The van der Waals surface area contributed by atoms with Gasteiger partial charge in [0.25, 0.3) is 0 Å². The van der Waals surface area contributed by atoms with Crippen LogP contribution in [0.1, 0.15) is 24.5 Å². The standard InChI is InChI=1S/C18H19Br2NO2S/c1-13-3-9-17(10-4-13)24(22,23)21-12-11-18(20)14(2)15-5-7-16(19)8-6-15/h3-10,21H,11-12H2,1-2H3/b18-14+. The van der Waals surface area contributed by atoms with Crippen LogP contribution in [0, 0.1) is 6.92 Å². The molecule has 0 bridgehead atoms. The van der Waals surface area contributed by atoms with E-state index in [1.165, 1.54) is 0 Å². The van der Waals surface area contributed by atoms with Crippen molar-refractivity contribution in [3.8, 4) is 0 Å². The molecule has 0 aliphatic rings. The zero-order valence-electron chi connectivity index (χ0n) is 13.5.